The van der Waals surface area contributed by atoms with Crippen molar-refractivity contribution in [2.24, 2.45) is 5.92 Å². The molecule has 0 aromatic heterocycles. The number of nitrogens with zero attached hydrogens (tertiary/aromatic N) is 1. The molecule has 0 saturated carbocycles. The lowest BCUT2D eigenvalue weighted by atomic mass is 10.1. The van der Waals surface area contributed by atoms with Crippen LogP contribution in [-0.4, -0.2) is 26.2 Å². The van der Waals surface area contributed by atoms with Crippen molar-refractivity contribution in [1.29, 1.82) is 0 Å². The minimum absolute atomic E-state index is 0.709. The number of anilines is 1. The largest absolute Gasteiger partial charge is 0.370 e. The summed E-state index contributed by atoms with van der Waals surface area (Å²) in [4.78, 5) is 2.34. The van der Waals surface area contributed by atoms with E-state index in [0.717, 1.165) is 47.5 Å². The highest BCUT2D eigenvalue weighted by Crippen LogP contribution is 2.34. The van der Waals surface area contributed by atoms with Crippen molar-refractivity contribution in [3.05, 3.63) is 27.7 Å². The Labute approximate surface area is 119 Å². The molecule has 100 valence electrons. The number of aryl methyl sites for hydroxylation is 1. The van der Waals surface area contributed by atoms with Gasteiger partial charge in [0, 0.05) is 18.1 Å². The van der Waals surface area contributed by atoms with Crippen molar-refractivity contribution in [3.63, 3.8) is 0 Å². The van der Waals surface area contributed by atoms with Gasteiger partial charge in [-0.05, 0) is 50.0 Å². The van der Waals surface area contributed by atoms with Gasteiger partial charge in [-0.15, -0.1) is 0 Å². The van der Waals surface area contributed by atoms with Gasteiger partial charge in [-0.25, -0.2) is 0 Å². The molecule has 0 spiro atoms. The second-order valence-electron chi connectivity index (χ2n) is 4.96. The van der Waals surface area contributed by atoms with Crippen LogP contribution in [0.2, 0.25) is 10.0 Å². The standard InChI is InChI=1S/C14H20Cl2N2/c1-3-17-8-11-4-5-18(9-11)14-7-12(15)10(2)6-13(14)16/h6-7,11,17H,3-5,8-9H2,1-2H3. The van der Waals surface area contributed by atoms with E-state index in [9.17, 15) is 0 Å². The van der Waals surface area contributed by atoms with Gasteiger partial charge in [0.05, 0.1) is 10.7 Å². The Kier molecular flexibility index (Phi) is 4.77. The lowest BCUT2D eigenvalue weighted by molar-refractivity contribution is 0.528. The summed E-state index contributed by atoms with van der Waals surface area (Å²) in [6, 6.07) is 3.95. The molecule has 0 bridgehead atoms. The first-order valence-corrected chi connectivity index (χ1v) is 7.28. The van der Waals surface area contributed by atoms with Crippen LogP contribution in [-0.2, 0) is 0 Å². The predicted molar refractivity (Wildman–Crippen MR) is 80.1 cm³/mol. The summed E-state index contributed by atoms with van der Waals surface area (Å²) in [6.07, 6.45) is 1.22. The Morgan fingerprint density at radius 1 is 1.33 bits per heavy atom. The molecule has 1 aromatic rings. The average molecular weight is 287 g/mol. The Bertz CT molecular complexity index is 421. The lowest BCUT2D eigenvalue weighted by Crippen LogP contribution is -2.26. The van der Waals surface area contributed by atoms with Crippen LogP contribution in [0.1, 0.15) is 18.9 Å². The van der Waals surface area contributed by atoms with Crippen LogP contribution in [0, 0.1) is 12.8 Å². The molecule has 4 heteroatoms. The van der Waals surface area contributed by atoms with Gasteiger partial charge >= 0.3 is 0 Å². The summed E-state index contributed by atoms with van der Waals surface area (Å²) in [5, 5.41) is 5.01. The van der Waals surface area contributed by atoms with Crippen molar-refractivity contribution >= 4 is 28.9 Å². The van der Waals surface area contributed by atoms with Gasteiger partial charge < -0.3 is 10.2 Å². The zero-order chi connectivity index (χ0) is 13.1. The van der Waals surface area contributed by atoms with Crippen molar-refractivity contribution in [1.82, 2.24) is 5.32 Å². The number of rotatable bonds is 4. The molecule has 1 atom stereocenters. The zero-order valence-corrected chi connectivity index (χ0v) is 12.5. The van der Waals surface area contributed by atoms with Gasteiger partial charge in [0.25, 0.3) is 0 Å². The zero-order valence-electron chi connectivity index (χ0n) is 11.0. The Morgan fingerprint density at radius 3 is 2.83 bits per heavy atom. The molecule has 1 heterocycles. The molecule has 1 fully saturated rings. The van der Waals surface area contributed by atoms with Gasteiger partial charge in [-0.2, -0.15) is 0 Å². The van der Waals surface area contributed by atoms with E-state index in [1.807, 2.05) is 19.1 Å². The normalized spacial score (nSPS) is 19.6. The topological polar surface area (TPSA) is 15.3 Å². The number of nitrogens with one attached hydrogen (secondary N) is 1. The van der Waals surface area contributed by atoms with E-state index in [1.165, 1.54) is 6.42 Å². The first-order valence-electron chi connectivity index (χ1n) is 6.53. The van der Waals surface area contributed by atoms with E-state index < -0.39 is 0 Å². The fraction of sp³-hybridized carbons (Fsp3) is 0.571. The lowest BCUT2D eigenvalue weighted by Gasteiger charge is -2.21. The van der Waals surface area contributed by atoms with E-state index >= 15 is 0 Å². The van der Waals surface area contributed by atoms with Crippen LogP contribution in [0.25, 0.3) is 0 Å². The molecule has 1 aliphatic rings. The minimum atomic E-state index is 0.709. The van der Waals surface area contributed by atoms with Gasteiger partial charge in [0.1, 0.15) is 0 Å². The van der Waals surface area contributed by atoms with Crippen LogP contribution >= 0.6 is 23.2 Å². The maximum Gasteiger partial charge on any atom is 0.0643 e. The molecule has 1 unspecified atom stereocenters. The van der Waals surface area contributed by atoms with Gasteiger partial charge in [0.15, 0.2) is 0 Å². The third-order valence-electron chi connectivity index (χ3n) is 3.54. The Hall–Kier alpha value is -0.440. The van der Waals surface area contributed by atoms with Crippen molar-refractivity contribution in [2.75, 3.05) is 31.1 Å². The molecule has 0 amide bonds. The molecular weight excluding hydrogens is 267 g/mol. The monoisotopic (exact) mass is 286 g/mol. The predicted octanol–water partition coefficient (Wildman–Crippen LogP) is 3.74. The van der Waals surface area contributed by atoms with Gasteiger partial charge in [0.2, 0.25) is 0 Å². The second-order valence-corrected chi connectivity index (χ2v) is 5.78. The summed E-state index contributed by atoms with van der Waals surface area (Å²) in [7, 11) is 0. The van der Waals surface area contributed by atoms with Crippen LogP contribution in [0.3, 0.4) is 0 Å². The van der Waals surface area contributed by atoms with E-state index in [0.29, 0.717) is 5.92 Å². The third kappa shape index (κ3) is 3.11. The Balaban J connectivity index is 2.07. The van der Waals surface area contributed by atoms with Crippen molar-refractivity contribution in [2.45, 2.75) is 20.3 Å². The molecule has 1 N–H and O–H groups in total. The van der Waals surface area contributed by atoms with Crippen LogP contribution < -0.4 is 10.2 Å². The number of benzene rings is 1. The molecule has 18 heavy (non-hydrogen) atoms. The first-order chi connectivity index (χ1) is 8.61. The fourth-order valence-corrected chi connectivity index (χ4v) is 2.94. The highest BCUT2D eigenvalue weighted by molar-refractivity contribution is 6.35. The van der Waals surface area contributed by atoms with Crippen molar-refractivity contribution in [3.8, 4) is 0 Å². The van der Waals surface area contributed by atoms with Crippen LogP contribution in [0.15, 0.2) is 12.1 Å². The number of halogens is 2. The first kappa shape index (κ1) is 14.0. The summed E-state index contributed by atoms with van der Waals surface area (Å²) in [6.45, 7) is 8.37. The molecule has 2 rings (SSSR count). The molecule has 1 saturated heterocycles. The third-order valence-corrected chi connectivity index (χ3v) is 4.25. The molecule has 1 aromatic carbocycles. The fourth-order valence-electron chi connectivity index (χ4n) is 2.44. The summed E-state index contributed by atoms with van der Waals surface area (Å²) < 4.78 is 0. The second kappa shape index (κ2) is 6.14. The summed E-state index contributed by atoms with van der Waals surface area (Å²) in [5.41, 5.74) is 2.11. The minimum Gasteiger partial charge on any atom is -0.370 e. The SMILES string of the molecule is CCNCC1CCN(c2cc(Cl)c(C)cc2Cl)C1. The van der Waals surface area contributed by atoms with E-state index in [2.05, 4.69) is 17.1 Å². The van der Waals surface area contributed by atoms with E-state index in [4.69, 9.17) is 23.2 Å². The summed E-state index contributed by atoms with van der Waals surface area (Å²) in [5.74, 6) is 0.709. The van der Waals surface area contributed by atoms with E-state index in [-0.39, 0.29) is 0 Å². The van der Waals surface area contributed by atoms with Crippen LogP contribution in [0.5, 0.6) is 0 Å². The van der Waals surface area contributed by atoms with Gasteiger partial charge in [-0.1, -0.05) is 30.1 Å². The molecular formula is C14H20Cl2N2. The average Bonchev–Trinajstić information content (AvgIpc) is 2.79. The molecule has 1 aliphatic heterocycles. The quantitative estimate of drug-likeness (QED) is 0.907. The van der Waals surface area contributed by atoms with E-state index in [1.54, 1.807) is 0 Å². The molecule has 0 aliphatic carbocycles. The number of hydrogen-bond acceptors (Lipinski definition) is 2. The molecule has 0 radical (unpaired) electrons. The highest BCUT2D eigenvalue weighted by atomic mass is 35.5. The Morgan fingerprint density at radius 2 is 2.11 bits per heavy atom. The molecule has 2 nitrogen and oxygen atoms in total. The highest BCUT2D eigenvalue weighted by Gasteiger charge is 2.24. The smallest absolute Gasteiger partial charge is 0.0643 e. The maximum atomic E-state index is 6.32. The number of hydrogen-bond donors (Lipinski definition) is 1. The van der Waals surface area contributed by atoms with Crippen LogP contribution in [0.4, 0.5) is 5.69 Å². The summed E-state index contributed by atoms with van der Waals surface area (Å²) >= 11 is 12.5. The maximum absolute atomic E-state index is 6.32. The van der Waals surface area contributed by atoms with Gasteiger partial charge in [-0.3, -0.25) is 0 Å². The van der Waals surface area contributed by atoms with Crippen molar-refractivity contribution < 1.29 is 0 Å².